The van der Waals surface area contributed by atoms with E-state index in [1.165, 1.54) is 29.3 Å². The summed E-state index contributed by atoms with van der Waals surface area (Å²) in [5, 5.41) is 14.8. The monoisotopic (exact) mass is 562 g/mol. The first kappa shape index (κ1) is 28.4. The molecule has 1 heterocycles. The van der Waals surface area contributed by atoms with E-state index in [1.54, 1.807) is 11.8 Å². The van der Waals surface area contributed by atoms with E-state index in [1.807, 2.05) is 0 Å². The lowest BCUT2D eigenvalue weighted by molar-refractivity contribution is -0.384. The third kappa shape index (κ3) is 6.88. The highest BCUT2D eigenvalue weighted by Crippen LogP contribution is 2.36. The first-order valence-corrected chi connectivity index (χ1v) is 14.2. The Bertz CT molecular complexity index is 1470. The summed E-state index contributed by atoms with van der Waals surface area (Å²) >= 11 is 7.79. The molecule has 39 heavy (non-hydrogen) atoms. The van der Waals surface area contributed by atoms with Crippen molar-refractivity contribution in [2.75, 3.05) is 12.3 Å². The summed E-state index contributed by atoms with van der Waals surface area (Å²) in [6.45, 7) is 7.60. The van der Waals surface area contributed by atoms with Crippen LogP contribution in [-0.4, -0.2) is 32.7 Å². The normalized spacial score (nSPS) is 11.0. The van der Waals surface area contributed by atoms with Crippen molar-refractivity contribution in [1.29, 1.82) is 0 Å². The number of thioether (sulfide) groups is 1. The van der Waals surface area contributed by atoms with E-state index in [9.17, 15) is 14.9 Å². The number of non-ortho nitro benzene ring substituents is 1. The van der Waals surface area contributed by atoms with Gasteiger partial charge >= 0.3 is 0 Å². The standard InChI is InChI=1S/C30H31ClN4O3S/c1-4-34-28(23-13-9-21(3)10-14-23)27(22-11-7-20(2)8-12-22)33-30(34)39-18-6-5-17-32-29(36)25-16-15-24(35(37)38)19-26(25)31/h7-16,19H,4-6,17-18H2,1-3H3,(H,32,36). The lowest BCUT2D eigenvalue weighted by Crippen LogP contribution is -2.24. The molecule has 0 saturated carbocycles. The van der Waals surface area contributed by atoms with E-state index < -0.39 is 4.92 Å². The summed E-state index contributed by atoms with van der Waals surface area (Å²) < 4.78 is 2.28. The maximum atomic E-state index is 12.5. The zero-order valence-electron chi connectivity index (χ0n) is 22.2. The van der Waals surface area contributed by atoms with Gasteiger partial charge in [-0.05, 0) is 39.7 Å². The van der Waals surface area contributed by atoms with Crippen LogP contribution >= 0.6 is 23.4 Å². The van der Waals surface area contributed by atoms with Gasteiger partial charge in [0.05, 0.1) is 26.9 Å². The van der Waals surface area contributed by atoms with Crippen molar-refractivity contribution >= 4 is 35.0 Å². The molecule has 0 unspecified atom stereocenters. The van der Waals surface area contributed by atoms with Crippen LogP contribution in [0.5, 0.6) is 0 Å². The number of hydrogen-bond acceptors (Lipinski definition) is 5. The third-order valence-corrected chi connectivity index (χ3v) is 7.77. The van der Waals surface area contributed by atoms with Crippen molar-refractivity contribution in [3.8, 4) is 22.5 Å². The zero-order valence-corrected chi connectivity index (χ0v) is 23.8. The number of aryl methyl sites for hydroxylation is 2. The molecule has 4 rings (SSSR count). The van der Waals surface area contributed by atoms with Crippen molar-refractivity contribution < 1.29 is 9.72 Å². The Morgan fingerprint density at radius 3 is 2.23 bits per heavy atom. The molecule has 0 radical (unpaired) electrons. The topological polar surface area (TPSA) is 90.1 Å². The number of carbonyl (C=O) groups excluding carboxylic acids is 1. The van der Waals surface area contributed by atoms with Crippen molar-refractivity contribution in [3.63, 3.8) is 0 Å². The van der Waals surface area contributed by atoms with Gasteiger partial charge in [-0.2, -0.15) is 0 Å². The maximum Gasteiger partial charge on any atom is 0.270 e. The lowest BCUT2D eigenvalue weighted by atomic mass is 10.0. The molecule has 0 fully saturated rings. The second kappa shape index (κ2) is 13.0. The molecule has 1 N–H and O–H groups in total. The predicted molar refractivity (Wildman–Crippen MR) is 159 cm³/mol. The molecule has 9 heteroatoms. The van der Waals surface area contributed by atoms with E-state index in [0.717, 1.165) is 52.8 Å². The quantitative estimate of drug-likeness (QED) is 0.0874. The molecule has 0 aliphatic rings. The summed E-state index contributed by atoms with van der Waals surface area (Å²) in [7, 11) is 0. The number of imidazole rings is 1. The number of carbonyl (C=O) groups is 1. The van der Waals surface area contributed by atoms with Crippen LogP contribution < -0.4 is 5.32 Å². The molecule has 0 atom stereocenters. The van der Waals surface area contributed by atoms with Gasteiger partial charge in [-0.15, -0.1) is 0 Å². The van der Waals surface area contributed by atoms with Gasteiger partial charge in [0.25, 0.3) is 11.6 Å². The number of nitrogens with one attached hydrogen (secondary N) is 1. The van der Waals surface area contributed by atoms with Crippen LogP contribution in [0.4, 0.5) is 5.69 Å². The second-order valence-corrected chi connectivity index (χ2v) is 10.8. The molecule has 4 aromatic rings. The van der Waals surface area contributed by atoms with E-state index in [0.29, 0.717) is 6.54 Å². The average Bonchev–Trinajstić information content (AvgIpc) is 3.29. The SMILES string of the molecule is CCn1c(SCCCCNC(=O)c2ccc([N+](=O)[O-])cc2Cl)nc(-c2ccc(C)cc2)c1-c1ccc(C)cc1. The van der Waals surface area contributed by atoms with Crippen molar-refractivity contribution in [2.24, 2.45) is 0 Å². The van der Waals surface area contributed by atoms with E-state index >= 15 is 0 Å². The average molecular weight is 563 g/mol. The van der Waals surface area contributed by atoms with Crippen LogP contribution in [0.1, 0.15) is 41.3 Å². The molecular weight excluding hydrogens is 532 g/mol. The minimum absolute atomic E-state index is 0.0671. The van der Waals surface area contributed by atoms with Gasteiger partial charge in [0.15, 0.2) is 5.16 Å². The van der Waals surface area contributed by atoms with Gasteiger partial charge in [0.2, 0.25) is 0 Å². The Balaban J connectivity index is 1.41. The third-order valence-electron chi connectivity index (χ3n) is 6.39. The van der Waals surface area contributed by atoms with Gasteiger partial charge in [-0.3, -0.25) is 14.9 Å². The Kier molecular flexibility index (Phi) is 9.43. The number of unbranched alkanes of at least 4 members (excludes halogenated alkanes) is 1. The summed E-state index contributed by atoms with van der Waals surface area (Å²) in [6, 6.07) is 20.9. The molecule has 3 aromatic carbocycles. The smallest absolute Gasteiger partial charge is 0.270 e. The Labute approximate surface area is 237 Å². The summed E-state index contributed by atoms with van der Waals surface area (Å²) in [4.78, 5) is 27.9. The summed E-state index contributed by atoms with van der Waals surface area (Å²) in [5.41, 5.74) is 6.86. The molecule has 0 bridgehead atoms. The number of nitro benzene ring substituents is 1. The molecule has 7 nitrogen and oxygen atoms in total. The minimum atomic E-state index is -0.539. The van der Waals surface area contributed by atoms with Gasteiger partial charge < -0.3 is 9.88 Å². The zero-order chi connectivity index (χ0) is 27.9. The van der Waals surface area contributed by atoms with Crippen LogP contribution in [-0.2, 0) is 6.54 Å². The molecule has 1 aromatic heterocycles. The fourth-order valence-electron chi connectivity index (χ4n) is 4.24. The number of hydrogen-bond donors (Lipinski definition) is 1. The molecule has 0 spiro atoms. The number of rotatable bonds is 11. The molecule has 0 aliphatic carbocycles. The number of nitro groups is 1. The van der Waals surface area contributed by atoms with Crippen LogP contribution in [0, 0.1) is 24.0 Å². The van der Waals surface area contributed by atoms with Crippen molar-refractivity contribution in [2.45, 2.75) is 45.3 Å². The van der Waals surface area contributed by atoms with Crippen molar-refractivity contribution in [3.05, 3.63) is 98.6 Å². The van der Waals surface area contributed by atoms with Gasteiger partial charge in [0, 0.05) is 42.1 Å². The number of amides is 1. The fourth-order valence-corrected chi connectivity index (χ4v) is 5.57. The number of benzene rings is 3. The highest BCUT2D eigenvalue weighted by Gasteiger charge is 2.20. The first-order chi connectivity index (χ1) is 18.8. The van der Waals surface area contributed by atoms with Gasteiger partial charge in [-0.1, -0.05) is 83.0 Å². The molecule has 0 aliphatic heterocycles. The molecule has 1 amide bonds. The molecular formula is C30H31ClN4O3S. The Hall–Kier alpha value is -3.62. The van der Waals surface area contributed by atoms with Crippen LogP contribution in [0.25, 0.3) is 22.5 Å². The Morgan fingerprint density at radius 1 is 1.00 bits per heavy atom. The van der Waals surface area contributed by atoms with Crippen LogP contribution in [0.2, 0.25) is 5.02 Å². The van der Waals surface area contributed by atoms with E-state index in [2.05, 4.69) is 79.2 Å². The number of nitrogens with zero attached hydrogens (tertiary/aromatic N) is 3. The second-order valence-electron chi connectivity index (χ2n) is 9.30. The fraction of sp³-hybridized carbons (Fsp3) is 0.267. The highest BCUT2D eigenvalue weighted by atomic mass is 35.5. The summed E-state index contributed by atoms with van der Waals surface area (Å²) in [5.74, 6) is 0.515. The van der Waals surface area contributed by atoms with Crippen LogP contribution in [0.3, 0.4) is 0 Å². The van der Waals surface area contributed by atoms with Gasteiger partial charge in [0.1, 0.15) is 0 Å². The molecule has 202 valence electrons. The Morgan fingerprint density at radius 2 is 1.64 bits per heavy atom. The minimum Gasteiger partial charge on any atom is -0.352 e. The number of halogens is 1. The van der Waals surface area contributed by atoms with E-state index in [4.69, 9.17) is 16.6 Å². The number of aromatic nitrogens is 2. The summed E-state index contributed by atoms with van der Waals surface area (Å²) in [6.07, 6.45) is 1.67. The van der Waals surface area contributed by atoms with Gasteiger partial charge in [-0.25, -0.2) is 4.98 Å². The van der Waals surface area contributed by atoms with E-state index in [-0.39, 0.29) is 22.2 Å². The largest absolute Gasteiger partial charge is 0.352 e. The van der Waals surface area contributed by atoms with Crippen molar-refractivity contribution in [1.82, 2.24) is 14.9 Å². The highest BCUT2D eigenvalue weighted by molar-refractivity contribution is 7.99. The lowest BCUT2D eigenvalue weighted by Gasteiger charge is -2.11. The molecule has 0 saturated heterocycles. The first-order valence-electron chi connectivity index (χ1n) is 12.9. The van der Waals surface area contributed by atoms with Crippen LogP contribution in [0.15, 0.2) is 71.9 Å². The maximum absolute atomic E-state index is 12.5. The predicted octanol–water partition coefficient (Wildman–Crippen LogP) is 7.72.